The average Bonchev–Trinajstić information content (AvgIpc) is 2.37. The quantitative estimate of drug-likeness (QED) is 0.632. The fraction of sp³-hybridized carbons (Fsp3) is 0.154. The standard InChI is InChI=1S/C13H13N5/c1-10-3-2-4-11(5-10)7-15-12-6-13(16-8-14)18-9-17-12/h2-6,9H,7H2,1H3,(H2,15,16,17,18). The highest BCUT2D eigenvalue weighted by Crippen LogP contribution is 2.10. The van der Waals surface area contributed by atoms with E-state index in [9.17, 15) is 0 Å². The van der Waals surface area contributed by atoms with Gasteiger partial charge in [0.05, 0.1) is 0 Å². The zero-order valence-corrected chi connectivity index (χ0v) is 10.0. The second-order valence-electron chi connectivity index (χ2n) is 3.87. The summed E-state index contributed by atoms with van der Waals surface area (Å²) in [7, 11) is 0. The second-order valence-corrected chi connectivity index (χ2v) is 3.87. The Balaban J connectivity index is 2.02. The number of hydrogen-bond acceptors (Lipinski definition) is 5. The van der Waals surface area contributed by atoms with Gasteiger partial charge in [0.2, 0.25) is 0 Å². The Labute approximate surface area is 106 Å². The van der Waals surface area contributed by atoms with Crippen molar-refractivity contribution in [3.8, 4) is 6.19 Å². The zero-order chi connectivity index (χ0) is 12.8. The van der Waals surface area contributed by atoms with Crippen LogP contribution in [0.3, 0.4) is 0 Å². The first kappa shape index (κ1) is 11.9. The topological polar surface area (TPSA) is 73.6 Å². The number of benzene rings is 1. The second kappa shape index (κ2) is 5.64. The maximum Gasteiger partial charge on any atom is 0.182 e. The Morgan fingerprint density at radius 2 is 2.06 bits per heavy atom. The molecule has 0 atom stereocenters. The van der Waals surface area contributed by atoms with Gasteiger partial charge in [-0.25, -0.2) is 9.97 Å². The number of nitriles is 1. The zero-order valence-electron chi connectivity index (χ0n) is 10.0. The van der Waals surface area contributed by atoms with Crippen LogP contribution in [0.2, 0.25) is 0 Å². The normalized spacial score (nSPS) is 9.56. The Bertz CT molecular complexity index is 574. The maximum atomic E-state index is 8.51. The van der Waals surface area contributed by atoms with E-state index in [2.05, 4.69) is 45.7 Å². The lowest BCUT2D eigenvalue weighted by molar-refractivity contribution is 1.08. The largest absolute Gasteiger partial charge is 0.366 e. The van der Waals surface area contributed by atoms with Crippen LogP contribution in [0.4, 0.5) is 11.6 Å². The summed E-state index contributed by atoms with van der Waals surface area (Å²) in [6, 6.07) is 9.94. The lowest BCUT2D eigenvalue weighted by atomic mass is 10.1. The number of anilines is 2. The van der Waals surface area contributed by atoms with Crippen molar-refractivity contribution >= 4 is 11.6 Å². The number of nitrogens with zero attached hydrogens (tertiary/aromatic N) is 3. The molecular formula is C13H13N5. The van der Waals surface area contributed by atoms with Crippen molar-refractivity contribution in [2.75, 3.05) is 10.6 Å². The van der Waals surface area contributed by atoms with E-state index in [1.165, 1.54) is 17.5 Å². The van der Waals surface area contributed by atoms with Crippen molar-refractivity contribution in [3.63, 3.8) is 0 Å². The van der Waals surface area contributed by atoms with Gasteiger partial charge in [-0.3, -0.25) is 5.32 Å². The third kappa shape index (κ3) is 3.19. The smallest absolute Gasteiger partial charge is 0.182 e. The summed E-state index contributed by atoms with van der Waals surface area (Å²) in [6.45, 7) is 2.74. The summed E-state index contributed by atoms with van der Waals surface area (Å²) in [5.41, 5.74) is 2.41. The molecule has 90 valence electrons. The fourth-order valence-corrected chi connectivity index (χ4v) is 1.59. The van der Waals surface area contributed by atoms with Crippen molar-refractivity contribution in [2.24, 2.45) is 0 Å². The molecule has 5 nitrogen and oxygen atoms in total. The summed E-state index contributed by atoms with van der Waals surface area (Å²) in [4.78, 5) is 8.00. The number of rotatable bonds is 4. The predicted octanol–water partition coefficient (Wildman–Crippen LogP) is 2.29. The molecule has 0 bridgehead atoms. The molecule has 0 aliphatic heterocycles. The number of aryl methyl sites for hydroxylation is 1. The lowest BCUT2D eigenvalue weighted by Crippen LogP contribution is -2.03. The van der Waals surface area contributed by atoms with Crippen molar-refractivity contribution < 1.29 is 0 Å². The van der Waals surface area contributed by atoms with Gasteiger partial charge in [0, 0.05) is 12.6 Å². The van der Waals surface area contributed by atoms with Crippen LogP contribution in [0.5, 0.6) is 0 Å². The first-order valence-electron chi connectivity index (χ1n) is 5.54. The molecule has 0 aliphatic carbocycles. The van der Waals surface area contributed by atoms with Crippen LogP contribution in [-0.4, -0.2) is 9.97 Å². The van der Waals surface area contributed by atoms with E-state index < -0.39 is 0 Å². The molecule has 1 aromatic carbocycles. The minimum atomic E-state index is 0.485. The summed E-state index contributed by atoms with van der Waals surface area (Å²) in [5, 5.41) is 14.2. The molecule has 0 unspecified atom stereocenters. The molecule has 18 heavy (non-hydrogen) atoms. The molecule has 5 heteroatoms. The first-order valence-corrected chi connectivity index (χ1v) is 5.54. The van der Waals surface area contributed by atoms with Crippen molar-refractivity contribution in [3.05, 3.63) is 47.8 Å². The van der Waals surface area contributed by atoms with Crippen LogP contribution < -0.4 is 10.6 Å². The minimum absolute atomic E-state index is 0.485. The molecule has 0 radical (unpaired) electrons. The highest BCUT2D eigenvalue weighted by Gasteiger charge is 1.98. The van der Waals surface area contributed by atoms with Gasteiger partial charge < -0.3 is 5.32 Å². The molecule has 2 rings (SSSR count). The van der Waals surface area contributed by atoms with Crippen molar-refractivity contribution in [2.45, 2.75) is 13.5 Å². The van der Waals surface area contributed by atoms with E-state index in [1.807, 2.05) is 12.3 Å². The van der Waals surface area contributed by atoms with E-state index in [4.69, 9.17) is 5.26 Å². The molecule has 0 aliphatic rings. The van der Waals surface area contributed by atoms with Gasteiger partial charge in [-0.1, -0.05) is 29.8 Å². The van der Waals surface area contributed by atoms with E-state index in [1.54, 1.807) is 6.07 Å². The monoisotopic (exact) mass is 239 g/mol. The van der Waals surface area contributed by atoms with Crippen molar-refractivity contribution in [1.82, 2.24) is 9.97 Å². The van der Waals surface area contributed by atoms with E-state index in [-0.39, 0.29) is 0 Å². The number of aromatic nitrogens is 2. The SMILES string of the molecule is Cc1cccc(CNc2cc(NC#N)ncn2)c1. The average molecular weight is 239 g/mol. The van der Waals surface area contributed by atoms with E-state index >= 15 is 0 Å². The van der Waals surface area contributed by atoms with Gasteiger partial charge in [0.1, 0.15) is 18.0 Å². The van der Waals surface area contributed by atoms with Crippen LogP contribution in [0.1, 0.15) is 11.1 Å². The number of hydrogen-bond donors (Lipinski definition) is 2. The lowest BCUT2D eigenvalue weighted by Gasteiger charge is -2.06. The van der Waals surface area contributed by atoms with E-state index in [0.717, 1.165) is 0 Å². The third-order valence-electron chi connectivity index (χ3n) is 2.41. The van der Waals surface area contributed by atoms with Gasteiger partial charge in [0.15, 0.2) is 6.19 Å². The molecule has 0 saturated heterocycles. The molecule has 1 heterocycles. The Morgan fingerprint density at radius 1 is 1.22 bits per heavy atom. The summed E-state index contributed by atoms with van der Waals surface area (Å²) < 4.78 is 0. The summed E-state index contributed by atoms with van der Waals surface area (Å²) in [5.74, 6) is 1.17. The predicted molar refractivity (Wildman–Crippen MR) is 69.8 cm³/mol. The third-order valence-corrected chi connectivity index (χ3v) is 2.41. The molecule has 0 spiro atoms. The van der Waals surface area contributed by atoms with E-state index in [0.29, 0.717) is 18.2 Å². The molecule has 2 aromatic rings. The fourth-order valence-electron chi connectivity index (χ4n) is 1.59. The van der Waals surface area contributed by atoms with Gasteiger partial charge in [-0.2, -0.15) is 5.26 Å². The highest BCUT2D eigenvalue weighted by molar-refractivity contribution is 5.48. The van der Waals surface area contributed by atoms with Crippen LogP contribution in [-0.2, 0) is 6.54 Å². The summed E-state index contributed by atoms with van der Waals surface area (Å²) in [6.07, 6.45) is 3.24. The van der Waals surface area contributed by atoms with Gasteiger partial charge in [-0.05, 0) is 12.5 Å². The van der Waals surface area contributed by atoms with Gasteiger partial charge in [-0.15, -0.1) is 0 Å². The van der Waals surface area contributed by atoms with Crippen LogP contribution in [0.15, 0.2) is 36.7 Å². The summed E-state index contributed by atoms with van der Waals surface area (Å²) >= 11 is 0. The van der Waals surface area contributed by atoms with Crippen LogP contribution in [0.25, 0.3) is 0 Å². The molecule has 0 amide bonds. The molecule has 2 N–H and O–H groups in total. The first-order chi connectivity index (χ1) is 8.78. The molecular weight excluding hydrogens is 226 g/mol. The molecule has 0 fully saturated rings. The van der Waals surface area contributed by atoms with Crippen molar-refractivity contribution in [1.29, 1.82) is 5.26 Å². The minimum Gasteiger partial charge on any atom is -0.366 e. The van der Waals surface area contributed by atoms with Crippen LogP contribution >= 0.6 is 0 Å². The van der Waals surface area contributed by atoms with Gasteiger partial charge >= 0.3 is 0 Å². The Hall–Kier alpha value is -2.61. The highest BCUT2D eigenvalue weighted by atomic mass is 15.1. The van der Waals surface area contributed by atoms with Gasteiger partial charge in [0.25, 0.3) is 0 Å². The molecule has 0 saturated carbocycles. The number of nitrogens with one attached hydrogen (secondary N) is 2. The maximum absolute atomic E-state index is 8.51. The molecule has 1 aromatic heterocycles. The Morgan fingerprint density at radius 3 is 2.83 bits per heavy atom. The Kier molecular flexibility index (Phi) is 3.72. The van der Waals surface area contributed by atoms with Crippen LogP contribution in [0, 0.1) is 18.4 Å².